The molecule has 3 heterocycles. The standard InChI is InChI=1S/C34H40O19/c1-14-27(45-16(3)36)29(47-18(5)38)31(49-20(7)40)33(44-14)53-32-30(48-19(6)39)28(46-17(4)37)25(13-43-15(2)35)52-34(32)51-24-12-22-21(11-23(24)42-8)9-10-26(41)50-22/h9-12,14,25,27-34H,13H2,1-8H3/t14-,25+,27-,28+,29+,30-,31+,32+,33-,34+/m0/s1. The maximum Gasteiger partial charge on any atom is 0.336 e. The van der Waals surface area contributed by atoms with Gasteiger partial charge in [0, 0.05) is 59.1 Å². The van der Waals surface area contributed by atoms with E-state index in [2.05, 4.69) is 0 Å². The molecule has 0 unspecified atom stereocenters. The highest BCUT2D eigenvalue weighted by Crippen LogP contribution is 2.38. The topological polar surface area (TPSA) is 234 Å². The van der Waals surface area contributed by atoms with Gasteiger partial charge >= 0.3 is 41.4 Å². The van der Waals surface area contributed by atoms with Crippen molar-refractivity contribution in [1.82, 2.24) is 0 Å². The van der Waals surface area contributed by atoms with Crippen LogP contribution in [0.25, 0.3) is 11.0 Å². The summed E-state index contributed by atoms with van der Waals surface area (Å²) in [5.74, 6) is -4.94. The molecule has 0 saturated carbocycles. The van der Waals surface area contributed by atoms with E-state index in [0.29, 0.717) is 5.39 Å². The van der Waals surface area contributed by atoms with E-state index in [1.54, 1.807) is 0 Å². The van der Waals surface area contributed by atoms with Gasteiger partial charge in [-0.25, -0.2) is 4.79 Å². The fourth-order valence-electron chi connectivity index (χ4n) is 5.80. The Morgan fingerprint density at radius 2 is 1.17 bits per heavy atom. The fraction of sp³-hybridized carbons (Fsp3) is 0.559. The Bertz CT molecular complexity index is 1750. The third kappa shape index (κ3) is 10.4. The van der Waals surface area contributed by atoms with Gasteiger partial charge in [-0.1, -0.05) is 0 Å². The van der Waals surface area contributed by atoms with E-state index in [0.717, 1.165) is 41.5 Å². The minimum absolute atomic E-state index is 0.0764. The first-order valence-corrected chi connectivity index (χ1v) is 16.2. The molecule has 19 nitrogen and oxygen atoms in total. The van der Waals surface area contributed by atoms with E-state index < -0.39 is 109 Å². The smallest absolute Gasteiger partial charge is 0.336 e. The van der Waals surface area contributed by atoms with Crippen LogP contribution in [-0.2, 0) is 71.4 Å². The molecular formula is C34H40O19. The summed E-state index contributed by atoms with van der Waals surface area (Å²) < 4.78 is 68.5. The molecule has 2 fully saturated rings. The number of hydrogen-bond acceptors (Lipinski definition) is 19. The second-order valence-electron chi connectivity index (χ2n) is 11.9. The lowest BCUT2D eigenvalue weighted by molar-refractivity contribution is -0.356. The molecule has 10 atom stereocenters. The fourth-order valence-corrected chi connectivity index (χ4v) is 5.80. The summed E-state index contributed by atoms with van der Waals surface area (Å²) in [4.78, 5) is 85.6. The quantitative estimate of drug-likeness (QED) is 0.169. The van der Waals surface area contributed by atoms with Crippen LogP contribution in [0.15, 0.2) is 33.5 Å². The number of hydrogen-bond donors (Lipinski definition) is 0. The molecule has 53 heavy (non-hydrogen) atoms. The van der Waals surface area contributed by atoms with Crippen molar-refractivity contribution in [3.63, 3.8) is 0 Å². The molecule has 19 heteroatoms. The summed E-state index contributed by atoms with van der Waals surface area (Å²) in [5.41, 5.74) is -0.591. The van der Waals surface area contributed by atoms with E-state index in [9.17, 15) is 33.6 Å². The van der Waals surface area contributed by atoms with E-state index in [4.69, 9.17) is 56.5 Å². The summed E-state index contributed by atoms with van der Waals surface area (Å²) in [6, 6.07) is 5.51. The molecule has 2 saturated heterocycles. The van der Waals surface area contributed by atoms with Crippen molar-refractivity contribution in [1.29, 1.82) is 0 Å². The van der Waals surface area contributed by atoms with E-state index in [-0.39, 0.29) is 17.1 Å². The van der Waals surface area contributed by atoms with Gasteiger partial charge in [-0.2, -0.15) is 0 Å². The molecule has 2 aliphatic rings. The van der Waals surface area contributed by atoms with E-state index >= 15 is 0 Å². The van der Waals surface area contributed by atoms with Gasteiger partial charge in [0.15, 0.2) is 54.4 Å². The monoisotopic (exact) mass is 752 g/mol. The van der Waals surface area contributed by atoms with Crippen molar-refractivity contribution in [3.05, 3.63) is 34.7 Å². The van der Waals surface area contributed by atoms with Crippen LogP contribution in [0.1, 0.15) is 48.5 Å². The number of carbonyl (C=O) groups excluding carboxylic acids is 6. The summed E-state index contributed by atoms with van der Waals surface area (Å²) in [6.45, 7) is 7.42. The molecule has 1 aromatic carbocycles. The van der Waals surface area contributed by atoms with Crippen molar-refractivity contribution in [3.8, 4) is 11.5 Å². The average molecular weight is 753 g/mol. The normalized spacial score (nSPS) is 28.2. The maximum atomic E-state index is 12.6. The van der Waals surface area contributed by atoms with Crippen LogP contribution in [0.5, 0.6) is 11.5 Å². The van der Waals surface area contributed by atoms with Crippen LogP contribution in [-0.4, -0.2) is 111 Å². The lowest BCUT2D eigenvalue weighted by atomic mass is 9.96. The zero-order valence-corrected chi connectivity index (χ0v) is 30.0. The maximum absolute atomic E-state index is 12.6. The van der Waals surface area contributed by atoms with Gasteiger partial charge in [0.05, 0.1) is 13.2 Å². The molecule has 290 valence electrons. The molecule has 0 amide bonds. The van der Waals surface area contributed by atoms with Gasteiger partial charge in [0.25, 0.3) is 0 Å². The van der Waals surface area contributed by atoms with E-state index in [1.165, 1.54) is 38.3 Å². The largest absolute Gasteiger partial charge is 0.493 e. The Morgan fingerprint density at radius 1 is 0.623 bits per heavy atom. The van der Waals surface area contributed by atoms with Gasteiger partial charge in [-0.3, -0.25) is 28.8 Å². The minimum Gasteiger partial charge on any atom is -0.493 e. The number of benzene rings is 1. The van der Waals surface area contributed by atoms with Crippen LogP contribution in [0, 0.1) is 0 Å². The molecule has 0 aliphatic carbocycles. The van der Waals surface area contributed by atoms with Crippen LogP contribution < -0.4 is 15.1 Å². The highest BCUT2D eigenvalue weighted by atomic mass is 16.8. The van der Waals surface area contributed by atoms with Gasteiger partial charge in [0.1, 0.15) is 18.3 Å². The van der Waals surface area contributed by atoms with Crippen molar-refractivity contribution >= 4 is 46.8 Å². The van der Waals surface area contributed by atoms with Gasteiger partial charge in [0.2, 0.25) is 6.29 Å². The first-order chi connectivity index (χ1) is 25.0. The number of methoxy groups -OCH3 is 1. The first kappa shape index (κ1) is 40.5. The number of fused-ring (bicyclic) bond motifs is 1. The van der Waals surface area contributed by atoms with Crippen molar-refractivity contribution < 1.29 is 85.3 Å². The van der Waals surface area contributed by atoms with Crippen LogP contribution >= 0.6 is 0 Å². The Kier molecular flexibility index (Phi) is 13.4. The Hall–Kier alpha value is -5.27. The van der Waals surface area contributed by atoms with Crippen LogP contribution in [0.4, 0.5) is 0 Å². The molecule has 0 spiro atoms. The molecule has 0 N–H and O–H groups in total. The molecular weight excluding hydrogens is 712 g/mol. The zero-order chi connectivity index (χ0) is 39.1. The Morgan fingerprint density at radius 3 is 1.74 bits per heavy atom. The van der Waals surface area contributed by atoms with Gasteiger partial charge in [-0.05, 0) is 19.1 Å². The molecule has 2 aromatic rings. The predicted octanol–water partition coefficient (Wildman–Crippen LogP) is 1.26. The second kappa shape index (κ2) is 17.5. The van der Waals surface area contributed by atoms with Crippen LogP contribution in [0.3, 0.4) is 0 Å². The Labute approximate surface area is 301 Å². The zero-order valence-electron chi connectivity index (χ0n) is 30.0. The van der Waals surface area contributed by atoms with Crippen molar-refractivity contribution in [2.45, 2.75) is 110 Å². The van der Waals surface area contributed by atoms with E-state index in [1.807, 2.05) is 0 Å². The average Bonchev–Trinajstić information content (AvgIpc) is 3.04. The first-order valence-electron chi connectivity index (χ1n) is 16.2. The molecule has 0 radical (unpaired) electrons. The SMILES string of the molecule is COc1cc2ccc(=O)oc2cc1O[C@@H]1O[C@H](COC(C)=O)[C@@H](OC(C)=O)[C@H](OC(C)=O)[C@H]1O[C@@H]1O[C@@H](C)[C@H](OC(C)=O)[C@@H](OC(C)=O)[C@H]1OC(C)=O. The van der Waals surface area contributed by atoms with Crippen LogP contribution in [0.2, 0.25) is 0 Å². The minimum atomic E-state index is -1.71. The molecule has 2 aliphatic heterocycles. The third-order valence-electron chi connectivity index (χ3n) is 7.72. The summed E-state index contributed by atoms with van der Waals surface area (Å²) >= 11 is 0. The van der Waals surface area contributed by atoms with Gasteiger partial charge < -0.3 is 56.5 Å². The number of carbonyl (C=O) groups is 6. The summed E-state index contributed by atoms with van der Waals surface area (Å²) in [5, 5.41) is 0.458. The highest BCUT2D eigenvalue weighted by molar-refractivity contribution is 5.80. The van der Waals surface area contributed by atoms with Gasteiger partial charge in [-0.15, -0.1) is 0 Å². The number of ether oxygens (including phenoxy) is 11. The number of rotatable bonds is 12. The van der Waals surface area contributed by atoms with Crippen molar-refractivity contribution in [2.75, 3.05) is 13.7 Å². The molecule has 0 bridgehead atoms. The lowest BCUT2D eigenvalue weighted by Gasteiger charge is -2.48. The second-order valence-corrected chi connectivity index (χ2v) is 11.9. The van der Waals surface area contributed by atoms with Crippen molar-refractivity contribution in [2.24, 2.45) is 0 Å². The lowest BCUT2D eigenvalue weighted by Crippen LogP contribution is -2.67. The summed E-state index contributed by atoms with van der Waals surface area (Å²) in [6.07, 6.45) is -15.1. The predicted molar refractivity (Wildman–Crippen MR) is 172 cm³/mol. The Balaban J connectivity index is 1.88. The summed E-state index contributed by atoms with van der Waals surface area (Å²) in [7, 11) is 1.33. The molecule has 1 aromatic heterocycles. The molecule has 4 rings (SSSR count). The highest BCUT2D eigenvalue weighted by Gasteiger charge is 2.57. The third-order valence-corrected chi connectivity index (χ3v) is 7.72. The number of esters is 6.